The fraction of sp³-hybridized carbons (Fsp3) is 0.0769. The van der Waals surface area contributed by atoms with E-state index in [9.17, 15) is 0 Å². The second kappa shape index (κ2) is 3.45. The van der Waals surface area contributed by atoms with E-state index in [1.54, 1.807) is 6.20 Å². The first-order valence-corrected chi connectivity index (χ1v) is 5.20. The molecule has 0 aliphatic rings. The standard InChI is InChI=1S/C13H11N3/c1-9-12(3-2-5-14-9)11-7-10-4-6-15-13(10)16-8-11/h2-8H,1H3,(H,15,16). The van der Waals surface area contributed by atoms with Crippen molar-refractivity contribution in [3.63, 3.8) is 0 Å². The molecule has 1 N–H and O–H groups in total. The molecule has 0 saturated heterocycles. The van der Waals surface area contributed by atoms with Gasteiger partial charge in [-0.2, -0.15) is 0 Å². The van der Waals surface area contributed by atoms with Gasteiger partial charge in [0.25, 0.3) is 0 Å². The van der Waals surface area contributed by atoms with Gasteiger partial charge in [0.2, 0.25) is 0 Å². The van der Waals surface area contributed by atoms with Crippen molar-refractivity contribution in [3.8, 4) is 11.1 Å². The van der Waals surface area contributed by atoms with Gasteiger partial charge in [-0.25, -0.2) is 4.98 Å². The zero-order valence-corrected chi connectivity index (χ0v) is 8.94. The molecule has 3 rings (SSSR count). The number of H-pyrrole nitrogens is 1. The Morgan fingerprint density at radius 2 is 2.12 bits per heavy atom. The van der Waals surface area contributed by atoms with Gasteiger partial charge in [-0.1, -0.05) is 6.07 Å². The van der Waals surface area contributed by atoms with Crippen molar-refractivity contribution in [1.82, 2.24) is 15.0 Å². The van der Waals surface area contributed by atoms with Gasteiger partial charge in [-0.05, 0) is 25.1 Å². The molecule has 0 amide bonds. The highest BCUT2D eigenvalue weighted by Crippen LogP contribution is 2.23. The molecule has 3 aromatic heterocycles. The van der Waals surface area contributed by atoms with E-state index in [0.29, 0.717) is 0 Å². The SMILES string of the molecule is Cc1ncccc1-c1cnc2[nH]ccc2c1. The summed E-state index contributed by atoms with van der Waals surface area (Å²) in [5, 5.41) is 1.13. The van der Waals surface area contributed by atoms with Crippen LogP contribution in [0.5, 0.6) is 0 Å². The summed E-state index contributed by atoms with van der Waals surface area (Å²) in [6.07, 6.45) is 5.58. The van der Waals surface area contributed by atoms with Crippen LogP contribution in [0.25, 0.3) is 22.2 Å². The first-order valence-electron chi connectivity index (χ1n) is 5.20. The number of nitrogens with one attached hydrogen (secondary N) is 1. The second-order valence-corrected chi connectivity index (χ2v) is 3.78. The van der Waals surface area contributed by atoms with Gasteiger partial charge < -0.3 is 4.98 Å². The fourth-order valence-electron chi connectivity index (χ4n) is 1.88. The summed E-state index contributed by atoms with van der Waals surface area (Å²) in [5.74, 6) is 0. The monoisotopic (exact) mass is 209 g/mol. The number of nitrogens with zero attached hydrogens (tertiary/aromatic N) is 2. The molecule has 0 aromatic carbocycles. The minimum absolute atomic E-state index is 0.922. The smallest absolute Gasteiger partial charge is 0.137 e. The van der Waals surface area contributed by atoms with Crippen molar-refractivity contribution in [2.24, 2.45) is 0 Å². The Balaban J connectivity index is 2.22. The summed E-state index contributed by atoms with van der Waals surface area (Å²) in [4.78, 5) is 11.7. The van der Waals surface area contributed by atoms with E-state index in [2.05, 4.69) is 27.1 Å². The fourth-order valence-corrected chi connectivity index (χ4v) is 1.88. The number of aryl methyl sites for hydroxylation is 1. The second-order valence-electron chi connectivity index (χ2n) is 3.78. The van der Waals surface area contributed by atoms with E-state index >= 15 is 0 Å². The maximum absolute atomic E-state index is 4.38. The maximum Gasteiger partial charge on any atom is 0.137 e. The molecule has 78 valence electrons. The third kappa shape index (κ3) is 1.37. The highest BCUT2D eigenvalue weighted by atomic mass is 14.8. The number of hydrogen-bond acceptors (Lipinski definition) is 2. The molecule has 0 bridgehead atoms. The van der Waals surface area contributed by atoms with E-state index < -0.39 is 0 Å². The van der Waals surface area contributed by atoms with Gasteiger partial charge in [0.05, 0.1) is 0 Å². The summed E-state index contributed by atoms with van der Waals surface area (Å²) in [5.41, 5.74) is 4.19. The number of pyridine rings is 2. The van der Waals surface area contributed by atoms with Crippen LogP contribution >= 0.6 is 0 Å². The van der Waals surface area contributed by atoms with E-state index in [-0.39, 0.29) is 0 Å². The summed E-state index contributed by atoms with van der Waals surface area (Å²) < 4.78 is 0. The predicted molar refractivity (Wildman–Crippen MR) is 64.1 cm³/mol. The Bertz CT molecular complexity index is 640. The van der Waals surface area contributed by atoms with Crippen molar-refractivity contribution in [2.45, 2.75) is 6.92 Å². The van der Waals surface area contributed by atoms with Gasteiger partial charge in [0, 0.05) is 40.8 Å². The van der Waals surface area contributed by atoms with E-state index in [1.807, 2.05) is 31.5 Å². The Morgan fingerprint density at radius 1 is 1.19 bits per heavy atom. The summed E-state index contributed by atoms with van der Waals surface area (Å²) in [7, 11) is 0. The lowest BCUT2D eigenvalue weighted by Gasteiger charge is -2.04. The zero-order chi connectivity index (χ0) is 11.0. The predicted octanol–water partition coefficient (Wildman–Crippen LogP) is 2.93. The molecule has 0 atom stereocenters. The number of aromatic nitrogens is 3. The lowest BCUT2D eigenvalue weighted by Crippen LogP contribution is -1.87. The number of aromatic amines is 1. The van der Waals surface area contributed by atoms with Crippen molar-refractivity contribution in [3.05, 3.63) is 48.5 Å². The van der Waals surface area contributed by atoms with Crippen molar-refractivity contribution in [1.29, 1.82) is 0 Å². The third-order valence-corrected chi connectivity index (χ3v) is 2.72. The molecular formula is C13H11N3. The number of rotatable bonds is 1. The molecule has 0 fully saturated rings. The Hall–Kier alpha value is -2.16. The lowest BCUT2D eigenvalue weighted by atomic mass is 10.1. The van der Waals surface area contributed by atoms with Crippen LogP contribution in [0.1, 0.15) is 5.69 Å². The van der Waals surface area contributed by atoms with Crippen LogP contribution in [0.4, 0.5) is 0 Å². The molecular weight excluding hydrogens is 198 g/mol. The Labute approximate surface area is 93.2 Å². The van der Waals surface area contributed by atoms with Crippen molar-refractivity contribution < 1.29 is 0 Å². The van der Waals surface area contributed by atoms with Crippen LogP contribution in [0.2, 0.25) is 0 Å². The van der Waals surface area contributed by atoms with Crippen LogP contribution < -0.4 is 0 Å². The zero-order valence-electron chi connectivity index (χ0n) is 8.94. The molecule has 0 unspecified atom stereocenters. The van der Waals surface area contributed by atoms with Crippen LogP contribution in [0.15, 0.2) is 42.9 Å². The summed E-state index contributed by atoms with van der Waals surface area (Å²) >= 11 is 0. The van der Waals surface area contributed by atoms with E-state index in [4.69, 9.17) is 0 Å². The lowest BCUT2D eigenvalue weighted by molar-refractivity contribution is 1.20. The molecule has 3 nitrogen and oxygen atoms in total. The third-order valence-electron chi connectivity index (χ3n) is 2.72. The number of fused-ring (bicyclic) bond motifs is 1. The van der Waals surface area contributed by atoms with Crippen LogP contribution in [-0.4, -0.2) is 15.0 Å². The minimum Gasteiger partial charge on any atom is -0.346 e. The Kier molecular flexibility index (Phi) is 1.96. The molecule has 0 aliphatic carbocycles. The van der Waals surface area contributed by atoms with Gasteiger partial charge in [-0.15, -0.1) is 0 Å². The quantitative estimate of drug-likeness (QED) is 0.669. The van der Waals surface area contributed by atoms with Crippen LogP contribution in [-0.2, 0) is 0 Å². The molecule has 3 aromatic rings. The molecule has 3 heterocycles. The first kappa shape index (κ1) is 9.09. The molecule has 0 radical (unpaired) electrons. The number of hydrogen-bond donors (Lipinski definition) is 1. The van der Waals surface area contributed by atoms with Crippen molar-refractivity contribution in [2.75, 3.05) is 0 Å². The van der Waals surface area contributed by atoms with Gasteiger partial charge in [0.1, 0.15) is 5.65 Å². The molecule has 0 spiro atoms. The normalized spacial score (nSPS) is 10.8. The van der Waals surface area contributed by atoms with E-state index in [1.165, 1.54) is 0 Å². The highest BCUT2D eigenvalue weighted by Gasteiger charge is 2.04. The van der Waals surface area contributed by atoms with Gasteiger partial charge in [0.15, 0.2) is 0 Å². The Morgan fingerprint density at radius 3 is 3.00 bits per heavy atom. The first-order chi connectivity index (χ1) is 7.84. The molecule has 16 heavy (non-hydrogen) atoms. The van der Waals surface area contributed by atoms with Crippen LogP contribution in [0, 0.1) is 6.92 Å². The highest BCUT2D eigenvalue weighted by molar-refractivity contribution is 5.81. The van der Waals surface area contributed by atoms with Crippen LogP contribution in [0.3, 0.4) is 0 Å². The largest absolute Gasteiger partial charge is 0.346 e. The topological polar surface area (TPSA) is 41.6 Å². The van der Waals surface area contributed by atoms with Crippen molar-refractivity contribution >= 4 is 11.0 Å². The van der Waals surface area contributed by atoms with Gasteiger partial charge >= 0.3 is 0 Å². The average molecular weight is 209 g/mol. The molecule has 0 saturated carbocycles. The summed E-state index contributed by atoms with van der Waals surface area (Å²) in [6.45, 7) is 2.01. The maximum atomic E-state index is 4.38. The van der Waals surface area contributed by atoms with E-state index in [0.717, 1.165) is 27.9 Å². The average Bonchev–Trinajstić information content (AvgIpc) is 2.76. The molecule has 3 heteroatoms. The van der Waals surface area contributed by atoms with Gasteiger partial charge in [-0.3, -0.25) is 4.98 Å². The minimum atomic E-state index is 0.922. The summed E-state index contributed by atoms with van der Waals surface area (Å²) in [6, 6.07) is 8.17. The molecule has 0 aliphatic heterocycles.